The molecule has 2 atom stereocenters. The average Bonchev–Trinajstić information content (AvgIpc) is 2.50. The highest BCUT2D eigenvalue weighted by molar-refractivity contribution is 6.44. The van der Waals surface area contributed by atoms with Gasteiger partial charge in [-0.15, -0.1) is 0 Å². The highest BCUT2D eigenvalue weighted by Gasteiger charge is 2.19. The average molecular weight is 332 g/mol. The van der Waals surface area contributed by atoms with Gasteiger partial charge in [0.1, 0.15) is 6.10 Å². The van der Waals surface area contributed by atoms with Gasteiger partial charge in [-0.3, -0.25) is 4.79 Å². The van der Waals surface area contributed by atoms with E-state index in [4.69, 9.17) is 32.7 Å². The number of ether oxygens (including phenoxy) is 2. The maximum Gasteiger partial charge on any atom is 0.253 e. The van der Waals surface area contributed by atoms with Crippen molar-refractivity contribution >= 4 is 34.8 Å². The summed E-state index contributed by atoms with van der Waals surface area (Å²) in [6, 6.07) is 5.09. The van der Waals surface area contributed by atoms with Crippen LogP contribution in [0.15, 0.2) is 18.2 Å². The number of anilines is 1. The first kappa shape index (κ1) is 16.6. The van der Waals surface area contributed by atoms with Gasteiger partial charge in [0.05, 0.1) is 28.4 Å². The van der Waals surface area contributed by atoms with E-state index in [2.05, 4.69) is 5.32 Å². The minimum Gasteiger partial charge on any atom is -0.376 e. The van der Waals surface area contributed by atoms with Crippen molar-refractivity contribution in [2.75, 3.05) is 18.5 Å². The van der Waals surface area contributed by atoms with Crippen molar-refractivity contribution in [1.82, 2.24) is 0 Å². The molecule has 1 N–H and O–H groups in total. The third-order valence-electron chi connectivity index (χ3n) is 3.38. The van der Waals surface area contributed by atoms with E-state index in [1.165, 1.54) is 0 Å². The van der Waals surface area contributed by atoms with Gasteiger partial charge in [-0.05, 0) is 38.3 Å². The van der Waals surface area contributed by atoms with Crippen LogP contribution in [0, 0.1) is 0 Å². The van der Waals surface area contributed by atoms with Crippen LogP contribution in [0.1, 0.15) is 26.2 Å². The van der Waals surface area contributed by atoms with Crippen molar-refractivity contribution in [1.29, 1.82) is 0 Å². The van der Waals surface area contributed by atoms with E-state index in [0.29, 0.717) is 22.3 Å². The molecule has 0 spiro atoms. The summed E-state index contributed by atoms with van der Waals surface area (Å²) in [6.07, 6.45) is 2.73. The minimum atomic E-state index is -0.578. The van der Waals surface area contributed by atoms with Gasteiger partial charge in [0.25, 0.3) is 5.91 Å². The molecule has 1 fully saturated rings. The molecule has 4 nitrogen and oxygen atoms in total. The van der Waals surface area contributed by atoms with Crippen LogP contribution in [0.5, 0.6) is 0 Å². The normalized spacial score (nSPS) is 20.0. The van der Waals surface area contributed by atoms with Gasteiger partial charge < -0.3 is 14.8 Å². The molecule has 1 saturated heterocycles. The second kappa shape index (κ2) is 7.99. The Morgan fingerprint density at radius 2 is 2.29 bits per heavy atom. The van der Waals surface area contributed by atoms with E-state index in [1.54, 1.807) is 25.1 Å². The van der Waals surface area contributed by atoms with Crippen LogP contribution < -0.4 is 5.32 Å². The Labute approximate surface area is 134 Å². The van der Waals surface area contributed by atoms with Gasteiger partial charge in [0, 0.05) is 6.61 Å². The predicted molar refractivity (Wildman–Crippen MR) is 84.1 cm³/mol. The lowest BCUT2D eigenvalue weighted by Crippen LogP contribution is -2.32. The van der Waals surface area contributed by atoms with E-state index in [-0.39, 0.29) is 12.0 Å². The number of amides is 1. The number of carbonyl (C=O) groups excluding carboxylic acids is 1. The van der Waals surface area contributed by atoms with Crippen LogP contribution in [-0.2, 0) is 14.3 Å². The number of halogens is 2. The van der Waals surface area contributed by atoms with E-state index < -0.39 is 6.10 Å². The topological polar surface area (TPSA) is 47.6 Å². The van der Waals surface area contributed by atoms with Gasteiger partial charge in [-0.25, -0.2) is 0 Å². The SMILES string of the molecule is CC(OCC1CCCCO1)C(=O)Nc1cccc(Cl)c1Cl. The summed E-state index contributed by atoms with van der Waals surface area (Å²) in [7, 11) is 0. The number of rotatable bonds is 5. The Morgan fingerprint density at radius 1 is 1.48 bits per heavy atom. The Bertz CT molecular complexity index is 490. The first-order valence-corrected chi connectivity index (χ1v) is 7.81. The maximum atomic E-state index is 12.1. The van der Waals surface area contributed by atoms with Gasteiger partial charge in [-0.2, -0.15) is 0 Å². The molecule has 21 heavy (non-hydrogen) atoms. The molecule has 2 rings (SSSR count). The second-order valence-corrected chi connectivity index (χ2v) is 5.84. The lowest BCUT2D eigenvalue weighted by molar-refractivity contribution is -0.130. The maximum absolute atomic E-state index is 12.1. The summed E-state index contributed by atoms with van der Waals surface area (Å²) in [6.45, 7) is 2.90. The molecular weight excluding hydrogens is 313 g/mol. The Morgan fingerprint density at radius 3 is 3.00 bits per heavy atom. The van der Waals surface area contributed by atoms with E-state index in [1.807, 2.05) is 0 Å². The lowest BCUT2D eigenvalue weighted by Gasteiger charge is -2.24. The van der Waals surface area contributed by atoms with Crippen molar-refractivity contribution in [3.05, 3.63) is 28.2 Å². The monoisotopic (exact) mass is 331 g/mol. The standard InChI is InChI=1S/C15H19Cl2NO3/c1-10(21-9-11-5-2-3-8-20-11)15(19)18-13-7-4-6-12(16)14(13)17/h4,6-7,10-11H,2-3,5,8-9H2,1H3,(H,18,19). The molecule has 1 aromatic rings. The molecule has 1 aliphatic rings. The van der Waals surface area contributed by atoms with Crippen LogP contribution in [0.3, 0.4) is 0 Å². The molecule has 0 aromatic heterocycles. The number of carbonyl (C=O) groups is 1. The van der Waals surface area contributed by atoms with Gasteiger partial charge in [-0.1, -0.05) is 29.3 Å². The minimum absolute atomic E-state index is 0.0868. The fourth-order valence-electron chi connectivity index (χ4n) is 2.10. The Kier molecular flexibility index (Phi) is 6.30. The molecule has 116 valence electrons. The fourth-order valence-corrected chi connectivity index (χ4v) is 2.45. The summed E-state index contributed by atoms with van der Waals surface area (Å²) in [5, 5.41) is 3.45. The molecule has 1 aromatic carbocycles. The first-order valence-electron chi connectivity index (χ1n) is 7.06. The third-order valence-corrected chi connectivity index (χ3v) is 4.20. The Hall–Kier alpha value is -0.810. The van der Waals surface area contributed by atoms with E-state index >= 15 is 0 Å². The highest BCUT2D eigenvalue weighted by atomic mass is 35.5. The van der Waals surface area contributed by atoms with Gasteiger partial charge >= 0.3 is 0 Å². The van der Waals surface area contributed by atoms with Gasteiger partial charge in [0.2, 0.25) is 0 Å². The summed E-state index contributed by atoms with van der Waals surface area (Å²) in [5.41, 5.74) is 0.485. The highest BCUT2D eigenvalue weighted by Crippen LogP contribution is 2.29. The van der Waals surface area contributed by atoms with Crippen molar-refractivity contribution in [3.8, 4) is 0 Å². The molecule has 6 heteroatoms. The smallest absolute Gasteiger partial charge is 0.253 e. The van der Waals surface area contributed by atoms with E-state index in [9.17, 15) is 4.79 Å². The molecule has 0 radical (unpaired) electrons. The molecular formula is C15H19Cl2NO3. The molecule has 1 heterocycles. The number of hydrogen-bond donors (Lipinski definition) is 1. The summed E-state index contributed by atoms with van der Waals surface area (Å²) < 4.78 is 11.1. The van der Waals surface area contributed by atoms with Crippen molar-refractivity contribution < 1.29 is 14.3 Å². The first-order chi connectivity index (χ1) is 10.1. The van der Waals surface area contributed by atoms with Crippen LogP contribution in [0.2, 0.25) is 10.0 Å². The zero-order valence-electron chi connectivity index (χ0n) is 11.9. The number of nitrogens with one attached hydrogen (secondary N) is 1. The molecule has 1 aliphatic heterocycles. The molecule has 1 amide bonds. The molecule has 0 aliphatic carbocycles. The fraction of sp³-hybridized carbons (Fsp3) is 0.533. The Balaban J connectivity index is 1.83. The summed E-state index contributed by atoms with van der Waals surface area (Å²) >= 11 is 11.9. The third kappa shape index (κ3) is 4.85. The summed E-state index contributed by atoms with van der Waals surface area (Å²) in [5.74, 6) is -0.255. The largest absolute Gasteiger partial charge is 0.376 e. The van der Waals surface area contributed by atoms with Crippen molar-refractivity contribution in [2.45, 2.75) is 38.4 Å². The molecule has 0 bridgehead atoms. The van der Waals surface area contributed by atoms with Gasteiger partial charge in [0.15, 0.2) is 0 Å². The van der Waals surface area contributed by atoms with Crippen molar-refractivity contribution in [3.63, 3.8) is 0 Å². The predicted octanol–water partition coefficient (Wildman–Crippen LogP) is 3.91. The number of hydrogen-bond acceptors (Lipinski definition) is 3. The zero-order chi connectivity index (χ0) is 15.2. The van der Waals surface area contributed by atoms with Crippen LogP contribution >= 0.6 is 23.2 Å². The number of benzene rings is 1. The van der Waals surface area contributed by atoms with Crippen LogP contribution in [0.25, 0.3) is 0 Å². The quantitative estimate of drug-likeness (QED) is 0.889. The van der Waals surface area contributed by atoms with E-state index in [0.717, 1.165) is 25.9 Å². The summed E-state index contributed by atoms with van der Waals surface area (Å²) in [4.78, 5) is 12.1. The lowest BCUT2D eigenvalue weighted by atomic mass is 10.1. The molecule has 2 unspecified atom stereocenters. The van der Waals surface area contributed by atoms with Crippen LogP contribution in [-0.4, -0.2) is 31.3 Å². The molecule has 0 saturated carbocycles. The zero-order valence-corrected chi connectivity index (χ0v) is 13.4. The van der Waals surface area contributed by atoms with Crippen LogP contribution in [0.4, 0.5) is 5.69 Å². The van der Waals surface area contributed by atoms with Crippen molar-refractivity contribution in [2.24, 2.45) is 0 Å². The second-order valence-electron chi connectivity index (χ2n) is 5.05.